The summed E-state index contributed by atoms with van der Waals surface area (Å²) in [5, 5.41) is 0. The zero-order valence-electron chi connectivity index (χ0n) is 8.36. The molecule has 2 rings (SSSR count). The minimum absolute atomic E-state index is 0.224. The first-order chi connectivity index (χ1) is 6.92. The number of hydrogen-bond donors (Lipinski definition) is 0. The van der Waals surface area contributed by atoms with Crippen LogP contribution < -0.4 is 0 Å². The van der Waals surface area contributed by atoms with Crippen LogP contribution in [0.5, 0.6) is 0 Å². The quantitative estimate of drug-likeness (QED) is 0.647. The normalized spacial score (nSPS) is 27.1. The fourth-order valence-electron chi connectivity index (χ4n) is 2.03. The van der Waals surface area contributed by atoms with E-state index in [-0.39, 0.29) is 6.10 Å². The van der Waals surface area contributed by atoms with Gasteiger partial charge in [-0.2, -0.15) is 0 Å². The number of benzene rings is 1. The zero-order chi connectivity index (χ0) is 9.80. The van der Waals surface area contributed by atoms with E-state index in [2.05, 4.69) is 30.8 Å². The van der Waals surface area contributed by atoms with Gasteiger partial charge in [0.25, 0.3) is 0 Å². The van der Waals surface area contributed by atoms with Crippen molar-refractivity contribution in [1.82, 2.24) is 0 Å². The summed E-state index contributed by atoms with van der Waals surface area (Å²) in [7, 11) is 0. The Morgan fingerprint density at radius 1 is 1.29 bits per heavy atom. The van der Waals surface area contributed by atoms with Gasteiger partial charge in [-0.3, -0.25) is 0 Å². The summed E-state index contributed by atoms with van der Waals surface area (Å²) in [6, 6.07) is 10.4. The highest BCUT2D eigenvalue weighted by Crippen LogP contribution is 2.33. The standard InChI is InChI=1S/C13H16O/c1-2-11-9-6-10-14-13(11)12-7-4-3-5-8-12/h2-5,7-8,11,13H,1,6,9-10H2/t11-,13-/m0/s1. The summed E-state index contributed by atoms with van der Waals surface area (Å²) in [4.78, 5) is 0. The summed E-state index contributed by atoms with van der Waals surface area (Å²) in [6.07, 6.45) is 4.60. The maximum Gasteiger partial charge on any atom is 0.0887 e. The van der Waals surface area contributed by atoms with Crippen LogP contribution in [0, 0.1) is 5.92 Å². The Balaban J connectivity index is 2.19. The van der Waals surface area contributed by atoms with E-state index in [0.717, 1.165) is 13.0 Å². The van der Waals surface area contributed by atoms with Gasteiger partial charge in [0.2, 0.25) is 0 Å². The summed E-state index contributed by atoms with van der Waals surface area (Å²) in [6.45, 7) is 4.76. The zero-order valence-corrected chi connectivity index (χ0v) is 8.36. The van der Waals surface area contributed by atoms with Crippen molar-refractivity contribution in [1.29, 1.82) is 0 Å². The molecule has 0 N–H and O–H groups in total. The van der Waals surface area contributed by atoms with Gasteiger partial charge < -0.3 is 4.74 Å². The average molecular weight is 188 g/mol. The van der Waals surface area contributed by atoms with Gasteiger partial charge in [-0.15, -0.1) is 6.58 Å². The van der Waals surface area contributed by atoms with Gasteiger partial charge in [-0.1, -0.05) is 36.4 Å². The van der Waals surface area contributed by atoms with Crippen molar-refractivity contribution in [3.05, 3.63) is 48.6 Å². The Labute approximate surface area is 85.4 Å². The molecule has 0 amide bonds. The SMILES string of the molecule is C=C[C@H]1CCCO[C@@H]1c1ccccc1. The number of hydrogen-bond acceptors (Lipinski definition) is 1. The molecule has 1 heteroatoms. The average Bonchev–Trinajstić information content (AvgIpc) is 2.30. The lowest BCUT2D eigenvalue weighted by atomic mass is 9.90. The molecule has 1 aromatic carbocycles. The van der Waals surface area contributed by atoms with Crippen LogP contribution >= 0.6 is 0 Å². The third-order valence-electron chi connectivity index (χ3n) is 2.80. The van der Waals surface area contributed by atoms with Crippen LogP contribution in [-0.4, -0.2) is 6.61 Å². The smallest absolute Gasteiger partial charge is 0.0887 e. The molecule has 74 valence electrons. The molecule has 0 saturated carbocycles. The maximum atomic E-state index is 5.80. The molecule has 1 aliphatic heterocycles. The molecule has 0 radical (unpaired) electrons. The van der Waals surface area contributed by atoms with Crippen molar-refractivity contribution in [3.8, 4) is 0 Å². The lowest BCUT2D eigenvalue weighted by molar-refractivity contribution is -0.0124. The van der Waals surface area contributed by atoms with Crippen molar-refractivity contribution in [2.24, 2.45) is 5.92 Å². The van der Waals surface area contributed by atoms with Crippen LogP contribution in [0.3, 0.4) is 0 Å². The fraction of sp³-hybridized carbons (Fsp3) is 0.385. The van der Waals surface area contributed by atoms with E-state index in [1.54, 1.807) is 0 Å². The monoisotopic (exact) mass is 188 g/mol. The number of rotatable bonds is 2. The highest BCUT2D eigenvalue weighted by molar-refractivity contribution is 5.19. The van der Waals surface area contributed by atoms with E-state index in [0.29, 0.717) is 5.92 Å². The van der Waals surface area contributed by atoms with E-state index in [4.69, 9.17) is 4.74 Å². The van der Waals surface area contributed by atoms with Gasteiger partial charge in [0.1, 0.15) is 0 Å². The van der Waals surface area contributed by atoms with Gasteiger partial charge in [0.05, 0.1) is 6.10 Å². The molecule has 0 unspecified atom stereocenters. The molecule has 1 nitrogen and oxygen atoms in total. The molecule has 0 bridgehead atoms. The van der Waals surface area contributed by atoms with E-state index in [9.17, 15) is 0 Å². The molecule has 1 saturated heterocycles. The van der Waals surface area contributed by atoms with Crippen LogP contribution in [0.4, 0.5) is 0 Å². The highest BCUT2D eigenvalue weighted by Gasteiger charge is 2.24. The van der Waals surface area contributed by atoms with Crippen molar-refractivity contribution >= 4 is 0 Å². The molecule has 1 fully saturated rings. The summed E-state index contributed by atoms with van der Waals surface area (Å²) in [5.74, 6) is 0.478. The molecule has 1 heterocycles. The fourth-order valence-corrected chi connectivity index (χ4v) is 2.03. The predicted octanol–water partition coefficient (Wildman–Crippen LogP) is 3.34. The first kappa shape index (κ1) is 9.47. The van der Waals surface area contributed by atoms with Crippen molar-refractivity contribution in [2.45, 2.75) is 18.9 Å². The third kappa shape index (κ3) is 1.88. The topological polar surface area (TPSA) is 9.23 Å². The Kier molecular flexibility index (Phi) is 3.00. The summed E-state index contributed by atoms with van der Waals surface area (Å²) >= 11 is 0. The molecular formula is C13H16O. The Morgan fingerprint density at radius 2 is 2.07 bits per heavy atom. The molecule has 2 atom stereocenters. The Bertz CT molecular complexity index is 291. The second kappa shape index (κ2) is 4.43. The molecule has 0 spiro atoms. The minimum Gasteiger partial charge on any atom is -0.373 e. The van der Waals surface area contributed by atoms with Gasteiger partial charge in [0, 0.05) is 12.5 Å². The Morgan fingerprint density at radius 3 is 2.79 bits per heavy atom. The summed E-state index contributed by atoms with van der Waals surface area (Å²) in [5.41, 5.74) is 1.28. The van der Waals surface area contributed by atoms with E-state index in [1.807, 2.05) is 12.1 Å². The van der Waals surface area contributed by atoms with E-state index >= 15 is 0 Å². The lowest BCUT2D eigenvalue weighted by Crippen LogP contribution is -2.20. The van der Waals surface area contributed by atoms with Crippen LogP contribution in [0.1, 0.15) is 24.5 Å². The largest absolute Gasteiger partial charge is 0.373 e. The summed E-state index contributed by atoms with van der Waals surface area (Å²) < 4.78 is 5.80. The van der Waals surface area contributed by atoms with Crippen LogP contribution in [-0.2, 0) is 4.74 Å². The second-order valence-corrected chi connectivity index (χ2v) is 3.74. The lowest BCUT2D eigenvalue weighted by Gasteiger charge is -2.29. The van der Waals surface area contributed by atoms with Gasteiger partial charge in [-0.25, -0.2) is 0 Å². The minimum atomic E-state index is 0.224. The molecule has 0 aromatic heterocycles. The number of ether oxygens (including phenoxy) is 1. The predicted molar refractivity (Wildman–Crippen MR) is 58.1 cm³/mol. The van der Waals surface area contributed by atoms with Crippen molar-refractivity contribution in [3.63, 3.8) is 0 Å². The molecular weight excluding hydrogens is 172 g/mol. The van der Waals surface area contributed by atoms with Crippen molar-refractivity contribution in [2.75, 3.05) is 6.61 Å². The maximum absolute atomic E-state index is 5.80. The first-order valence-corrected chi connectivity index (χ1v) is 5.21. The second-order valence-electron chi connectivity index (χ2n) is 3.74. The van der Waals surface area contributed by atoms with Gasteiger partial charge in [-0.05, 0) is 18.4 Å². The molecule has 0 aliphatic carbocycles. The third-order valence-corrected chi connectivity index (χ3v) is 2.80. The van der Waals surface area contributed by atoms with Crippen molar-refractivity contribution < 1.29 is 4.74 Å². The molecule has 1 aliphatic rings. The van der Waals surface area contributed by atoms with Gasteiger partial charge >= 0.3 is 0 Å². The van der Waals surface area contributed by atoms with Crippen LogP contribution in [0.15, 0.2) is 43.0 Å². The van der Waals surface area contributed by atoms with Crippen LogP contribution in [0.25, 0.3) is 0 Å². The molecule has 1 aromatic rings. The van der Waals surface area contributed by atoms with E-state index < -0.39 is 0 Å². The first-order valence-electron chi connectivity index (χ1n) is 5.21. The highest BCUT2D eigenvalue weighted by atomic mass is 16.5. The molecule has 14 heavy (non-hydrogen) atoms. The van der Waals surface area contributed by atoms with Gasteiger partial charge in [0.15, 0.2) is 0 Å². The van der Waals surface area contributed by atoms with E-state index in [1.165, 1.54) is 12.0 Å². The Hall–Kier alpha value is -1.08. The van der Waals surface area contributed by atoms with Crippen LogP contribution in [0.2, 0.25) is 0 Å².